The van der Waals surface area contributed by atoms with Gasteiger partial charge >= 0.3 is 0 Å². The number of hydrogen-bond donors (Lipinski definition) is 1. The second-order valence-electron chi connectivity index (χ2n) is 6.89. The predicted octanol–water partition coefficient (Wildman–Crippen LogP) is 5.14. The first-order chi connectivity index (χ1) is 13.6. The average Bonchev–Trinajstić information content (AvgIpc) is 2.73. The van der Waals surface area contributed by atoms with E-state index in [1.165, 1.54) is 30.5 Å². The minimum Gasteiger partial charge on any atom is -0.352 e. The van der Waals surface area contributed by atoms with Gasteiger partial charge in [-0.15, -0.1) is 0 Å². The molecule has 0 radical (unpaired) electrons. The van der Waals surface area contributed by atoms with Crippen molar-refractivity contribution in [2.75, 3.05) is 6.54 Å². The number of nitro groups is 1. The normalized spacial score (nSPS) is 14.3. The van der Waals surface area contributed by atoms with E-state index in [2.05, 4.69) is 11.4 Å². The number of nitrogens with one attached hydrogen (secondary N) is 1. The Balaban J connectivity index is 1.79. The van der Waals surface area contributed by atoms with Gasteiger partial charge in [0, 0.05) is 24.3 Å². The molecule has 0 spiro atoms. The molecule has 1 aliphatic carbocycles. The Labute approximate surface area is 164 Å². The summed E-state index contributed by atoms with van der Waals surface area (Å²) < 4.78 is 0. The van der Waals surface area contributed by atoms with Crippen LogP contribution in [0.3, 0.4) is 0 Å². The van der Waals surface area contributed by atoms with Gasteiger partial charge in [-0.1, -0.05) is 54.1 Å². The molecule has 1 amide bonds. The molecule has 144 valence electrons. The zero-order valence-corrected chi connectivity index (χ0v) is 15.8. The van der Waals surface area contributed by atoms with E-state index in [4.69, 9.17) is 0 Å². The number of amides is 1. The number of allylic oxidation sites excluding steroid dienone is 1. The zero-order chi connectivity index (χ0) is 19.8. The minimum atomic E-state index is -0.433. The van der Waals surface area contributed by atoms with Crippen molar-refractivity contribution in [2.45, 2.75) is 32.1 Å². The van der Waals surface area contributed by atoms with Gasteiger partial charge < -0.3 is 5.32 Å². The van der Waals surface area contributed by atoms with Gasteiger partial charge in [0.05, 0.1) is 4.92 Å². The molecule has 1 N–H and O–H groups in total. The molecule has 0 aliphatic heterocycles. The van der Waals surface area contributed by atoms with Gasteiger partial charge in [0.1, 0.15) is 0 Å². The van der Waals surface area contributed by atoms with Gasteiger partial charge in [-0.05, 0) is 49.3 Å². The molecule has 3 rings (SSSR count). The SMILES string of the molecule is O=C(NCCC1=CCCCC1)/C(=C/c1cccc([N+](=O)[O-])c1)c1ccccc1. The molecule has 2 aromatic rings. The van der Waals surface area contributed by atoms with Crippen molar-refractivity contribution in [1.29, 1.82) is 0 Å². The third kappa shape index (κ3) is 5.39. The third-order valence-electron chi connectivity index (χ3n) is 4.84. The van der Waals surface area contributed by atoms with Crippen LogP contribution in [-0.2, 0) is 4.79 Å². The fraction of sp³-hybridized carbons (Fsp3) is 0.261. The second kappa shape index (κ2) is 9.65. The van der Waals surface area contributed by atoms with Crippen molar-refractivity contribution in [3.8, 4) is 0 Å². The molecule has 5 nitrogen and oxygen atoms in total. The van der Waals surface area contributed by atoms with Gasteiger partial charge in [-0.3, -0.25) is 14.9 Å². The first-order valence-corrected chi connectivity index (χ1v) is 9.61. The van der Waals surface area contributed by atoms with E-state index >= 15 is 0 Å². The maximum Gasteiger partial charge on any atom is 0.270 e. The van der Waals surface area contributed by atoms with E-state index < -0.39 is 4.92 Å². The van der Waals surface area contributed by atoms with Crippen LogP contribution >= 0.6 is 0 Å². The van der Waals surface area contributed by atoms with Gasteiger partial charge in [-0.2, -0.15) is 0 Å². The minimum absolute atomic E-state index is 0.00538. The second-order valence-corrected chi connectivity index (χ2v) is 6.89. The van der Waals surface area contributed by atoms with Crippen LogP contribution in [0.1, 0.15) is 43.2 Å². The summed E-state index contributed by atoms with van der Waals surface area (Å²) in [7, 11) is 0. The Hall–Kier alpha value is -3.21. The lowest BCUT2D eigenvalue weighted by atomic mass is 9.97. The fourth-order valence-electron chi connectivity index (χ4n) is 3.36. The molecule has 0 bridgehead atoms. The first kappa shape index (κ1) is 19.5. The van der Waals surface area contributed by atoms with Crippen LogP contribution in [0, 0.1) is 10.1 Å². The topological polar surface area (TPSA) is 72.2 Å². The Morgan fingerprint density at radius 3 is 2.64 bits per heavy atom. The Morgan fingerprint density at radius 1 is 1.11 bits per heavy atom. The van der Waals surface area contributed by atoms with Crippen molar-refractivity contribution in [2.24, 2.45) is 0 Å². The summed E-state index contributed by atoms with van der Waals surface area (Å²) in [4.78, 5) is 23.5. The lowest BCUT2D eigenvalue weighted by Crippen LogP contribution is -2.25. The largest absolute Gasteiger partial charge is 0.352 e. The maximum absolute atomic E-state index is 12.9. The Morgan fingerprint density at radius 2 is 1.93 bits per heavy atom. The Kier molecular flexibility index (Phi) is 6.73. The quantitative estimate of drug-likeness (QED) is 0.239. The van der Waals surface area contributed by atoms with Gasteiger partial charge in [0.15, 0.2) is 0 Å². The molecule has 0 saturated carbocycles. The first-order valence-electron chi connectivity index (χ1n) is 9.61. The lowest BCUT2D eigenvalue weighted by molar-refractivity contribution is -0.384. The number of nitro benzene ring substituents is 1. The molecule has 0 saturated heterocycles. The summed E-state index contributed by atoms with van der Waals surface area (Å²) >= 11 is 0. The van der Waals surface area contributed by atoms with Crippen molar-refractivity contribution in [3.05, 3.63) is 87.5 Å². The van der Waals surface area contributed by atoms with Crippen LogP contribution in [0.2, 0.25) is 0 Å². The van der Waals surface area contributed by atoms with E-state index in [1.54, 1.807) is 18.2 Å². The molecule has 28 heavy (non-hydrogen) atoms. The van der Waals surface area contributed by atoms with Crippen molar-refractivity contribution in [3.63, 3.8) is 0 Å². The number of nitrogens with zero attached hydrogens (tertiary/aromatic N) is 1. The highest BCUT2D eigenvalue weighted by Crippen LogP contribution is 2.22. The molecule has 0 fully saturated rings. The lowest BCUT2D eigenvalue weighted by Gasteiger charge is -2.14. The molecule has 5 heteroatoms. The molecule has 1 aliphatic rings. The highest BCUT2D eigenvalue weighted by atomic mass is 16.6. The highest BCUT2D eigenvalue weighted by Gasteiger charge is 2.13. The monoisotopic (exact) mass is 376 g/mol. The molecule has 0 aromatic heterocycles. The molecular formula is C23H24N2O3. The molecular weight excluding hydrogens is 352 g/mol. The van der Waals surface area contributed by atoms with Crippen molar-refractivity contribution < 1.29 is 9.72 Å². The van der Waals surface area contributed by atoms with Gasteiger partial charge in [0.2, 0.25) is 0 Å². The van der Waals surface area contributed by atoms with Crippen LogP contribution in [0.25, 0.3) is 11.6 Å². The number of carbonyl (C=O) groups is 1. The molecule has 0 unspecified atom stereocenters. The van der Waals surface area contributed by atoms with Crippen LogP contribution in [-0.4, -0.2) is 17.4 Å². The summed E-state index contributed by atoms with van der Waals surface area (Å²) in [6.45, 7) is 0.587. The summed E-state index contributed by atoms with van der Waals surface area (Å²) in [6.07, 6.45) is 9.58. The standard InChI is InChI=1S/C23H24N2O3/c26-23(24-15-14-18-8-3-1-4-9-18)22(20-11-5-2-6-12-20)17-19-10-7-13-21(16-19)25(27)28/h2,5-8,10-13,16-17H,1,3-4,9,14-15H2,(H,24,26)/b22-17+. The number of carbonyl (C=O) groups excluding carboxylic acids is 1. The van der Waals surface area contributed by atoms with Gasteiger partial charge in [-0.25, -0.2) is 0 Å². The number of benzene rings is 2. The smallest absolute Gasteiger partial charge is 0.270 e. The van der Waals surface area contributed by atoms with Crippen LogP contribution in [0.4, 0.5) is 5.69 Å². The summed E-state index contributed by atoms with van der Waals surface area (Å²) in [6, 6.07) is 15.7. The summed E-state index contributed by atoms with van der Waals surface area (Å²) in [5, 5.41) is 14.0. The number of hydrogen-bond acceptors (Lipinski definition) is 3. The van der Waals surface area contributed by atoms with Gasteiger partial charge in [0.25, 0.3) is 11.6 Å². The van der Waals surface area contributed by atoms with E-state index in [-0.39, 0.29) is 11.6 Å². The summed E-state index contributed by atoms with van der Waals surface area (Å²) in [5.41, 5.74) is 3.32. The van der Waals surface area contributed by atoms with Crippen molar-refractivity contribution in [1.82, 2.24) is 5.32 Å². The van der Waals surface area contributed by atoms with Crippen LogP contribution in [0.15, 0.2) is 66.2 Å². The zero-order valence-electron chi connectivity index (χ0n) is 15.8. The Bertz CT molecular complexity index is 901. The molecule has 2 aromatic carbocycles. The number of non-ortho nitro benzene ring substituents is 1. The van der Waals surface area contributed by atoms with Crippen molar-refractivity contribution >= 4 is 23.2 Å². The summed E-state index contributed by atoms with van der Waals surface area (Å²) in [5.74, 6) is -0.172. The molecule has 0 heterocycles. The van der Waals surface area contributed by atoms with E-state index in [0.717, 1.165) is 24.8 Å². The van der Waals surface area contributed by atoms with Crippen LogP contribution < -0.4 is 5.32 Å². The van der Waals surface area contributed by atoms with Crippen LogP contribution in [0.5, 0.6) is 0 Å². The molecule has 0 atom stereocenters. The maximum atomic E-state index is 12.9. The van der Waals surface area contributed by atoms with E-state index in [0.29, 0.717) is 17.7 Å². The fourth-order valence-corrected chi connectivity index (χ4v) is 3.36. The predicted molar refractivity (Wildman–Crippen MR) is 112 cm³/mol. The average molecular weight is 376 g/mol. The van der Waals surface area contributed by atoms with E-state index in [1.807, 2.05) is 30.3 Å². The third-order valence-corrected chi connectivity index (χ3v) is 4.84. The number of rotatable bonds is 7. The van der Waals surface area contributed by atoms with E-state index in [9.17, 15) is 14.9 Å². The highest BCUT2D eigenvalue weighted by molar-refractivity contribution is 6.24.